The van der Waals surface area contributed by atoms with E-state index in [1.807, 2.05) is 0 Å². The van der Waals surface area contributed by atoms with Gasteiger partial charge in [-0.2, -0.15) is 15.5 Å². The molecule has 0 saturated carbocycles. The first-order chi connectivity index (χ1) is 18.8. The molecule has 1 aliphatic heterocycles. The normalized spacial score (nSPS) is 16.1. The second kappa shape index (κ2) is 12.8. The van der Waals surface area contributed by atoms with Crippen LogP contribution in [-0.4, -0.2) is 69.6 Å². The van der Waals surface area contributed by atoms with Gasteiger partial charge in [-0.15, -0.1) is 0 Å². The number of hydrogen-bond acceptors (Lipinski definition) is 9. The zero-order valence-electron chi connectivity index (χ0n) is 21.1. The van der Waals surface area contributed by atoms with E-state index in [0.717, 1.165) is 19.0 Å². The highest BCUT2D eigenvalue weighted by molar-refractivity contribution is 6.47. The van der Waals surface area contributed by atoms with E-state index in [4.69, 9.17) is 32.4 Å². The summed E-state index contributed by atoms with van der Waals surface area (Å²) in [4.78, 5) is 10.6. The molecule has 1 saturated heterocycles. The van der Waals surface area contributed by atoms with E-state index in [1.54, 1.807) is 24.1 Å². The van der Waals surface area contributed by atoms with Crippen molar-refractivity contribution in [2.24, 2.45) is 15.9 Å². The average molecular weight is 562 g/mol. The zero-order chi connectivity index (χ0) is 27.9. The molecule has 0 aliphatic carbocycles. The van der Waals surface area contributed by atoms with Crippen LogP contribution in [0, 0.1) is 17.3 Å². The Balaban J connectivity index is 1.67. The van der Waals surface area contributed by atoms with E-state index in [9.17, 15) is 13.2 Å². The van der Waals surface area contributed by atoms with E-state index in [-0.39, 0.29) is 18.3 Å². The first-order valence-corrected chi connectivity index (χ1v) is 12.6. The highest BCUT2D eigenvalue weighted by Crippen LogP contribution is 2.32. The number of rotatable bonds is 10. The van der Waals surface area contributed by atoms with Crippen LogP contribution >= 0.6 is 11.6 Å². The minimum Gasteiger partial charge on any atom is -0.480 e. The fourth-order valence-electron chi connectivity index (χ4n) is 4.34. The van der Waals surface area contributed by atoms with Crippen molar-refractivity contribution in [3.05, 3.63) is 58.9 Å². The first kappa shape index (κ1) is 28.1. The van der Waals surface area contributed by atoms with Crippen LogP contribution in [0.3, 0.4) is 0 Å². The minimum atomic E-state index is -2.57. The molecule has 0 spiro atoms. The zero-order valence-corrected chi connectivity index (χ0v) is 21.8. The minimum absolute atomic E-state index is 0.0137. The summed E-state index contributed by atoms with van der Waals surface area (Å²) >= 11 is 6.41. The van der Waals surface area contributed by atoms with Gasteiger partial charge in [0, 0.05) is 31.4 Å². The highest BCUT2D eigenvalue weighted by Gasteiger charge is 2.23. The van der Waals surface area contributed by atoms with Crippen molar-refractivity contribution in [1.82, 2.24) is 24.8 Å². The molecule has 1 unspecified atom stereocenters. The summed E-state index contributed by atoms with van der Waals surface area (Å²) in [6, 6.07) is 4.31. The molecule has 3 aromatic rings. The summed E-state index contributed by atoms with van der Waals surface area (Å²) in [6.45, 7) is 2.45. The molecule has 4 rings (SSSR count). The second-order valence-electron chi connectivity index (χ2n) is 8.95. The number of piperidine rings is 1. The Kier molecular flexibility index (Phi) is 9.21. The molecule has 206 valence electrons. The number of likely N-dealkylation sites (tertiary alicyclic amines) is 1. The number of alkyl halides is 2. The Labute approximate surface area is 227 Å². The Bertz CT molecular complexity index is 1380. The van der Waals surface area contributed by atoms with Crippen LogP contribution < -0.4 is 15.9 Å². The van der Waals surface area contributed by atoms with Crippen LogP contribution in [0.25, 0.3) is 5.52 Å². The molecule has 14 heteroatoms. The number of nitrogens with zero attached hydrogens (tertiary/aromatic N) is 7. The van der Waals surface area contributed by atoms with E-state index in [0.29, 0.717) is 46.3 Å². The van der Waals surface area contributed by atoms with Crippen molar-refractivity contribution in [1.29, 1.82) is 5.26 Å². The van der Waals surface area contributed by atoms with Gasteiger partial charge in [-0.1, -0.05) is 11.6 Å². The molecule has 39 heavy (non-hydrogen) atoms. The number of nitrogens with one attached hydrogen (secondary N) is 1. The van der Waals surface area contributed by atoms with Crippen molar-refractivity contribution in [3.8, 4) is 11.9 Å². The second-order valence-corrected chi connectivity index (χ2v) is 9.35. The summed E-state index contributed by atoms with van der Waals surface area (Å²) in [5, 5.41) is 20.3. The quantitative estimate of drug-likeness (QED) is 0.167. The largest absolute Gasteiger partial charge is 0.480 e. The molecule has 10 nitrogen and oxygen atoms in total. The lowest BCUT2D eigenvalue weighted by Crippen LogP contribution is -2.32. The van der Waals surface area contributed by atoms with Gasteiger partial charge in [0.15, 0.2) is 12.3 Å². The molecule has 1 atom stereocenters. The number of aromatic nitrogens is 3. The van der Waals surface area contributed by atoms with Gasteiger partial charge in [0.05, 0.1) is 41.4 Å². The molecule has 0 radical (unpaired) electrons. The standard InChI is InChI=1S/C25H27ClF3N9O/c1-15(35-18-4-6-37(14-30)7-5-18)24(36-31)16-8-21(25-19(26)10-34-38(25)13-16)39-22(11-32-12-23(28)29)20-3-2-17(27)9-33-20/h2-3,8-10,13,18,22-23,32H,4-7,11-12,31H2,1H3/b35-15?,36-24+. The van der Waals surface area contributed by atoms with Crippen molar-refractivity contribution < 1.29 is 17.9 Å². The smallest absolute Gasteiger partial charge is 0.250 e. The molecule has 0 bridgehead atoms. The highest BCUT2D eigenvalue weighted by atomic mass is 35.5. The number of ether oxygens (including phenoxy) is 1. The number of aliphatic imine (C=N–C) groups is 1. The summed E-state index contributed by atoms with van der Waals surface area (Å²) in [6.07, 6.45) is 4.31. The average Bonchev–Trinajstić information content (AvgIpc) is 3.30. The van der Waals surface area contributed by atoms with Gasteiger partial charge >= 0.3 is 0 Å². The van der Waals surface area contributed by atoms with E-state index >= 15 is 0 Å². The molecular weight excluding hydrogens is 535 g/mol. The predicted molar refractivity (Wildman–Crippen MR) is 141 cm³/mol. The van der Waals surface area contributed by atoms with Crippen LogP contribution in [-0.2, 0) is 0 Å². The molecule has 0 amide bonds. The SMILES string of the molecule is CC(=NC1CCN(C#N)CC1)/C(=N\N)c1cc(OC(CNCC(F)F)c2ccc(F)cn2)c2c(Cl)cnn2c1. The Morgan fingerprint density at radius 2 is 2.08 bits per heavy atom. The van der Waals surface area contributed by atoms with Crippen molar-refractivity contribution in [3.63, 3.8) is 0 Å². The number of pyridine rings is 2. The number of hydrogen-bond donors (Lipinski definition) is 2. The van der Waals surface area contributed by atoms with Gasteiger partial charge in [0.2, 0.25) is 0 Å². The molecule has 4 heterocycles. The molecule has 1 aliphatic rings. The fraction of sp³-hybridized carbons (Fsp3) is 0.400. The van der Waals surface area contributed by atoms with E-state index in [2.05, 4.69) is 26.7 Å². The molecule has 3 aromatic heterocycles. The van der Waals surface area contributed by atoms with Gasteiger partial charge in [0.25, 0.3) is 6.43 Å². The number of nitrogens with two attached hydrogens (primary N) is 1. The third-order valence-electron chi connectivity index (χ3n) is 6.24. The third-order valence-corrected chi connectivity index (χ3v) is 6.51. The Hall–Kier alpha value is -3.89. The lowest BCUT2D eigenvalue weighted by atomic mass is 10.0. The first-order valence-electron chi connectivity index (χ1n) is 12.2. The van der Waals surface area contributed by atoms with Gasteiger partial charge < -0.3 is 20.8 Å². The molecule has 0 aromatic carbocycles. The van der Waals surface area contributed by atoms with Gasteiger partial charge in [-0.25, -0.2) is 17.7 Å². The summed E-state index contributed by atoms with van der Waals surface area (Å²) in [5.41, 5.74) is 2.26. The third kappa shape index (κ3) is 6.96. The van der Waals surface area contributed by atoms with E-state index in [1.165, 1.54) is 22.8 Å². The fourth-order valence-corrected chi connectivity index (χ4v) is 4.56. The lowest BCUT2D eigenvalue weighted by molar-refractivity contribution is 0.134. The summed E-state index contributed by atoms with van der Waals surface area (Å²) in [5.74, 6) is 5.51. The van der Waals surface area contributed by atoms with Gasteiger partial charge in [0.1, 0.15) is 22.8 Å². The van der Waals surface area contributed by atoms with Gasteiger partial charge in [-0.05, 0) is 38.0 Å². The molecule has 3 N–H and O–H groups in total. The number of hydrazone groups is 1. The number of halogens is 4. The number of nitriles is 1. The topological polar surface area (TPSA) is 129 Å². The maximum absolute atomic E-state index is 13.5. The van der Waals surface area contributed by atoms with Crippen LogP contribution in [0.2, 0.25) is 5.02 Å². The maximum atomic E-state index is 13.5. The Morgan fingerprint density at radius 1 is 1.31 bits per heavy atom. The van der Waals surface area contributed by atoms with Gasteiger partial charge in [-0.3, -0.25) is 9.98 Å². The molecular formula is C25H27ClF3N9O. The van der Waals surface area contributed by atoms with Crippen LogP contribution in [0.15, 0.2) is 46.9 Å². The summed E-state index contributed by atoms with van der Waals surface area (Å²) in [7, 11) is 0. The maximum Gasteiger partial charge on any atom is 0.250 e. The van der Waals surface area contributed by atoms with E-state index < -0.39 is 24.9 Å². The van der Waals surface area contributed by atoms with Crippen molar-refractivity contribution in [2.45, 2.75) is 38.3 Å². The van der Waals surface area contributed by atoms with Crippen LogP contribution in [0.5, 0.6) is 5.75 Å². The summed E-state index contributed by atoms with van der Waals surface area (Å²) < 4.78 is 46.9. The Morgan fingerprint density at radius 3 is 2.72 bits per heavy atom. The van der Waals surface area contributed by atoms with Crippen molar-refractivity contribution >= 4 is 28.5 Å². The van der Waals surface area contributed by atoms with Crippen molar-refractivity contribution in [2.75, 3.05) is 26.2 Å². The lowest BCUT2D eigenvalue weighted by Gasteiger charge is -2.26. The van der Waals surface area contributed by atoms with Crippen LogP contribution in [0.4, 0.5) is 13.2 Å². The predicted octanol–water partition coefficient (Wildman–Crippen LogP) is 3.57. The number of fused-ring (bicyclic) bond motifs is 1. The monoisotopic (exact) mass is 561 g/mol. The van der Waals surface area contributed by atoms with Crippen LogP contribution in [0.1, 0.15) is 37.1 Å². The molecule has 1 fully saturated rings.